The average Bonchev–Trinajstić information content (AvgIpc) is 3.53. The maximum Gasteiger partial charge on any atom is 0.268 e. The molecule has 0 atom stereocenters. The SMILES string of the molecule is Cc1sc2nc(SCC(=O)NC3CC3)n(-c3ccccc3)c(=O)c2c1-c1ccc(F)cc1. The zero-order valence-corrected chi connectivity index (χ0v) is 18.9. The molecule has 0 bridgehead atoms. The summed E-state index contributed by atoms with van der Waals surface area (Å²) in [5.41, 5.74) is 2.04. The van der Waals surface area contributed by atoms with Crippen molar-refractivity contribution in [2.75, 3.05) is 5.75 Å². The molecule has 1 aliphatic carbocycles. The van der Waals surface area contributed by atoms with E-state index >= 15 is 0 Å². The molecule has 32 heavy (non-hydrogen) atoms. The van der Waals surface area contributed by atoms with E-state index in [1.54, 1.807) is 16.7 Å². The van der Waals surface area contributed by atoms with Crippen LogP contribution in [0.4, 0.5) is 4.39 Å². The van der Waals surface area contributed by atoms with Crippen molar-refractivity contribution < 1.29 is 9.18 Å². The highest BCUT2D eigenvalue weighted by atomic mass is 32.2. The third kappa shape index (κ3) is 4.08. The van der Waals surface area contributed by atoms with Crippen LogP contribution < -0.4 is 10.9 Å². The number of aryl methyl sites for hydroxylation is 1. The van der Waals surface area contributed by atoms with Gasteiger partial charge in [0.25, 0.3) is 5.56 Å². The molecule has 0 radical (unpaired) electrons. The number of benzene rings is 2. The largest absolute Gasteiger partial charge is 0.353 e. The Morgan fingerprint density at radius 1 is 1.19 bits per heavy atom. The summed E-state index contributed by atoms with van der Waals surface area (Å²) in [4.78, 5) is 32.4. The lowest BCUT2D eigenvalue weighted by atomic mass is 10.0. The molecule has 0 unspecified atom stereocenters. The van der Waals surface area contributed by atoms with Gasteiger partial charge in [-0.15, -0.1) is 11.3 Å². The zero-order chi connectivity index (χ0) is 22.2. The zero-order valence-electron chi connectivity index (χ0n) is 17.3. The van der Waals surface area contributed by atoms with Gasteiger partial charge in [0.05, 0.1) is 16.8 Å². The van der Waals surface area contributed by atoms with Crippen molar-refractivity contribution in [2.24, 2.45) is 0 Å². The fraction of sp³-hybridized carbons (Fsp3) is 0.208. The molecule has 5 nitrogen and oxygen atoms in total. The smallest absolute Gasteiger partial charge is 0.268 e. The van der Waals surface area contributed by atoms with Crippen molar-refractivity contribution in [3.8, 4) is 16.8 Å². The fourth-order valence-electron chi connectivity index (χ4n) is 3.64. The van der Waals surface area contributed by atoms with Gasteiger partial charge < -0.3 is 5.32 Å². The Balaban J connectivity index is 1.65. The highest BCUT2D eigenvalue weighted by Gasteiger charge is 2.24. The van der Waals surface area contributed by atoms with E-state index in [2.05, 4.69) is 5.32 Å². The number of carbonyl (C=O) groups is 1. The van der Waals surface area contributed by atoms with E-state index in [9.17, 15) is 14.0 Å². The minimum atomic E-state index is -0.325. The molecule has 1 fully saturated rings. The standard InChI is InChI=1S/C24H20FN3O2S2/c1-14-20(15-7-9-16(25)10-8-15)21-22(32-14)27-24(31-13-19(29)26-17-11-12-17)28(23(21)30)18-5-3-2-4-6-18/h2-10,17H,11-13H2,1H3,(H,26,29). The normalized spacial score (nSPS) is 13.4. The van der Waals surface area contributed by atoms with Crippen LogP contribution in [0.2, 0.25) is 0 Å². The van der Waals surface area contributed by atoms with Gasteiger partial charge in [0.15, 0.2) is 5.16 Å². The van der Waals surface area contributed by atoms with Crippen LogP contribution in [0.15, 0.2) is 64.5 Å². The lowest BCUT2D eigenvalue weighted by Crippen LogP contribution is -2.28. The van der Waals surface area contributed by atoms with Crippen LogP contribution in [0, 0.1) is 12.7 Å². The lowest BCUT2D eigenvalue weighted by molar-refractivity contribution is -0.118. The van der Waals surface area contributed by atoms with Crippen LogP contribution in [-0.2, 0) is 4.79 Å². The van der Waals surface area contributed by atoms with Crippen molar-refractivity contribution in [1.29, 1.82) is 0 Å². The van der Waals surface area contributed by atoms with Gasteiger partial charge in [-0.25, -0.2) is 9.37 Å². The van der Waals surface area contributed by atoms with Gasteiger partial charge in [0, 0.05) is 16.5 Å². The first-order chi connectivity index (χ1) is 15.5. The number of amides is 1. The molecular formula is C24H20FN3O2S2. The van der Waals surface area contributed by atoms with Gasteiger partial charge in [0.1, 0.15) is 10.6 Å². The van der Waals surface area contributed by atoms with Crippen molar-refractivity contribution in [2.45, 2.75) is 31.0 Å². The first-order valence-electron chi connectivity index (χ1n) is 10.3. The summed E-state index contributed by atoms with van der Waals surface area (Å²) in [5.74, 6) is -0.189. The van der Waals surface area contributed by atoms with Crippen molar-refractivity contribution in [1.82, 2.24) is 14.9 Å². The van der Waals surface area contributed by atoms with Crippen molar-refractivity contribution in [3.63, 3.8) is 0 Å². The van der Waals surface area contributed by atoms with Gasteiger partial charge >= 0.3 is 0 Å². The number of fused-ring (bicyclic) bond motifs is 1. The molecule has 1 aliphatic rings. The number of hydrogen-bond acceptors (Lipinski definition) is 5. The van der Waals surface area contributed by atoms with E-state index in [1.807, 2.05) is 37.3 Å². The van der Waals surface area contributed by atoms with Crippen LogP contribution in [-0.4, -0.2) is 27.3 Å². The van der Waals surface area contributed by atoms with E-state index in [1.165, 1.54) is 35.2 Å². The Labute approximate surface area is 192 Å². The lowest BCUT2D eigenvalue weighted by Gasteiger charge is -2.12. The van der Waals surface area contributed by atoms with Crippen molar-refractivity contribution in [3.05, 3.63) is 75.6 Å². The molecule has 2 heterocycles. The summed E-state index contributed by atoms with van der Waals surface area (Å²) in [6.07, 6.45) is 2.05. The second kappa shape index (κ2) is 8.52. The Morgan fingerprint density at radius 2 is 1.91 bits per heavy atom. The van der Waals surface area contributed by atoms with E-state index < -0.39 is 0 Å². The first-order valence-corrected chi connectivity index (χ1v) is 12.1. The van der Waals surface area contributed by atoms with Gasteiger partial charge in [0.2, 0.25) is 5.91 Å². The Bertz CT molecular complexity index is 1360. The molecule has 1 amide bonds. The number of nitrogens with zero attached hydrogens (tertiary/aromatic N) is 2. The monoisotopic (exact) mass is 465 g/mol. The van der Waals surface area contributed by atoms with E-state index in [-0.39, 0.29) is 29.1 Å². The van der Waals surface area contributed by atoms with Gasteiger partial charge in [-0.05, 0) is 49.6 Å². The summed E-state index contributed by atoms with van der Waals surface area (Å²) < 4.78 is 15.0. The molecule has 4 aromatic rings. The number of thiophene rings is 1. The second-order valence-corrected chi connectivity index (χ2v) is 9.87. The number of hydrogen-bond donors (Lipinski definition) is 1. The minimum Gasteiger partial charge on any atom is -0.353 e. The summed E-state index contributed by atoms with van der Waals surface area (Å²) in [6.45, 7) is 1.94. The molecule has 1 N–H and O–H groups in total. The molecule has 2 aromatic carbocycles. The molecule has 8 heteroatoms. The number of rotatable bonds is 6. The van der Waals surface area contributed by atoms with E-state index in [0.717, 1.165) is 28.8 Å². The van der Waals surface area contributed by atoms with Gasteiger partial charge in [-0.3, -0.25) is 14.2 Å². The predicted octanol–water partition coefficient (Wildman–Crippen LogP) is 4.93. The summed E-state index contributed by atoms with van der Waals surface area (Å²) >= 11 is 2.69. The molecule has 0 aliphatic heterocycles. The molecule has 5 rings (SSSR count). The third-order valence-corrected chi connectivity index (χ3v) is 7.23. The van der Waals surface area contributed by atoms with E-state index in [4.69, 9.17) is 4.98 Å². The number of nitrogens with one attached hydrogen (secondary N) is 1. The second-order valence-electron chi connectivity index (χ2n) is 7.72. The van der Waals surface area contributed by atoms with Crippen LogP contribution >= 0.6 is 23.1 Å². The van der Waals surface area contributed by atoms with Gasteiger partial charge in [-0.2, -0.15) is 0 Å². The summed E-state index contributed by atoms with van der Waals surface area (Å²) in [6, 6.07) is 15.7. The highest BCUT2D eigenvalue weighted by Crippen LogP contribution is 2.37. The highest BCUT2D eigenvalue weighted by molar-refractivity contribution is 7.99. The number of thioether (sulfide) groups is 1. The Kier molecular flexibility index (Phi) is 5.57. The molecule has 1 saturated carbocycles. The van der Waals surface area contributed by atoms with Crippen LogP contribution in [0.5, 0.6) is 0 Å². The maximum absolute atomic E-state index is 13.8. The average molecular weight is 466 g/mol. The molecular weight excluding hydrogens is 445 g/mol. The van der Waals surface area contributed by atoms with Crippen LogP contribution in [0.1, 0.15) is 17.7 Å². The molecule has 0 saturated heterocycles. The predicted molar refractivity (Wildman–Crippen MR) is 127 cm³/mol. The topological polar surface area (TPSA) is 64.0 Å². The number of carbonyl (C=O) groups excluding carboxylic acids is 1. The Morgan fingerprint density at radius 3 is 2.59 bits per heavy atom. The molecule has 2 aromatic heterocycles. The quantitative estimate of drug-likeness (QED) is 0.324. The van der Waals surface area contributed by atoms with Gasteiger partial charge in [-0.1, -0.05) is 42.1 Å². The van der Waals surface area contributed by atoms with Crippen LogP contribution in [0.3, 0.4) is 0 Å². The molecule has 0 spiro atoms. The molecule has 162 valence electrons. The first kappa shape index (κ1) is 20.9. The summed E-state index contributed by atoms with van der Waals surface area (Å²) in [7, 11) is 0. The van der Waals surface area contributed by atoms with Crippen molar-refractivity contribution >= 4 is 39.2 Å². The number of halogens is 1. The summed E-state index contributed by atoms with van der Waals surface area (Å²) in [5, 5.41) is 3.96. The number of para-hydroxylation sites is 1. The van der Waals surface area contributed by atoms with E-state index in [0.29, 0.717) is 21.1 Å². The fourth-order valence-corrected chi connectivity index (χ4v) is 5.55. The van der Waals surface area contributed by atoms with Crippen LogP contribution in [0.25, 0.3) is 27.0 Å². The number of aromatic nitrogens is 2. The minimum absolute atomic E-state index is 0.0548. The Hall–Kier alpha value is -2.97. The maximum atomic E-state index is 13.8. The third-order valence-electron chi connectivity index (χ3n) is 5.29.